The van der Waals surface area contributed by atoms with Crippen LogP contribution in [0.5, 0.6) is 0 Å². The van der Waals surface area contributed by atoms with Gasteiger partial charge in [-0.1, -0.05) is 38.5 Å². The Morgan fingerprint density at radius 3 is 2.56 bits per heavy atom. The highest BCUT2D eigenvalue weighted by molar-refractivity contribution is 5.84. The second kappa shape index (κ2) is 10.8. The molecule has 7 nitrogen and oxygen atoms in total. The molecule has 1 saturated heterocycles. The van der Waals surface area contributed by atoms with Crippen LogP contribution in [0.1, 0.15) is 97.4 Å². The lowest BCUT2D eigenvalue weighted by atomic mass is 9.83. The molecule has 3 rings (SSSR count). The summed E-state index contributed by atoms with van der Waals surface area (Å²) in [7, 11) is 0. The van der Waals surface area contributed by atoms with E-state index in [1.165, 1.54) is 12.8 Å². The van der Waals surface area contributed by atoms with Crippen LogP contribution in [0, 0.1) is 30.6 Å². The summed E-state index contributed by atoms with van der Waals surface area (Å²) in [5, 5.41) is 2.92. The third-order valence-corrected chi connectivity index (χ3v) is 6.27. The van der Waals surface area contributed by atoms with E-state index < -0.39 is 35.1 Å². The van der Waals surface area contributed by atoms with Gasteiger partial charge in [0.2, 0.25) is 5.79 Å². The summed E-state index contributed by atoms with van der Waals surface area (Å²) in [5.41, 5.74) is 0.386. The van der Waals surface area contributed by atoms with Crippen molar-refractivity contribution >= 4 is 12.1 Å². The van der Waals surface area contributed by atoms with Crippen LogP contribution in [0.3, 0.4) is 0 Å². The van der Waals surface area contributed by atoms with E-state index in [4.69, 9.17) is 14.2 Å². The van der Waals surface area contributed by atoms with Crippen LogP contribution in [0.15, 0.2) is 12.3 Å². The van der Waals surface area contributed by atoms with Gasteiger partial charge in [-0.15, -0.1) is 0 Å². The number of hydrogen-bond acceptors (Lipinski definition) is 6. The molecule has 0 unspecified atom stereocenters. The number of carbonyl (C=O) groups is 2. The summed E-state index contributed by atoms with van der Waals surface area (Å²) in [6.07, 6.45) is 6.47. The number of aryl methyl sites for hydroxylation is 1. The summed E-state index contributed by atoms with van der Waals surface area (Å²) in [5.74, 6) is 5.92. The van der Waals surface area contributed by atoms with Crippen LogP contribution in [0.4, 0.5) is 4.79 Å². The number of nitrogens with zero attached hydrogens (tertiary/aromatic N) is 1. The van der Waals surface area contributed by atoms with Crippen molar-refractivity contribution < 1.29 is 23.8 Å². The van der Waals surface area contributed by atoms with Crippen LogP contribution in [-0.4, -0.2) is 40.1 Å². The zero-order valence-electron chi connectivity index (χ0n) is 23.1. The zero-order valence-corrected chi connectivity index (χ0v) is 23.1. The summed E-state index contributed by atoms with van der Waals surface area (Å²) in [6.45, 7) is 14.8. The maximum atomic E-state index is 13.4. The molecule has 1 aliphatic carbocycles. The number of nitrogens with one attached hydrogen (secondary N) is 1. The maximum absolute atomic E-state index is 13.4. The smallest absolute Gasteiger partial charge is 0.407 e. The molecule has 2 heterocycles. The number of alkyl carbamates (subject to hydrolysis) is 1. The quantitative estimate of drug-likeness (QED) is 0.378. The van der Waals surface area contributed by atoms with Crippen LogP contribution < -0.4 is 5.32 Å². The first kappa shape index (κ1) is 28.0. The topological polar surface area (TPSA) is 86.8 Å². The average Bonchev–Trinajstić information content (AvgIpc) is 3.50. The fourth-order valence-corrected chi connectivity index (χ4v) is 4.45. The fourth-order valence-electron chi connectivity index (χ4n) is 4.45. The molecule has 7 heteroatoms. The molecule has 1 aromatic heterocycles. The van der Waals surface area contributed by atoms with E-state index in [9.17, 15) is 9.59 Å². The lowest BCUT2D eigenvalue weighted by Gasteiger charge is -2.36. The van der Waals surface area contributed by atoms with E-state index in [-0.39, 0.29) is 12.3 Å². The predicted molar refractivity (Wildman–Crippen MR) is 138 cm³/mol. The van der Waals surface area contributed by atoms with E-state index in [2.05, 4.69) is 22.1 Å². The minimum atomic E-state index is -1.45. The summed E-state index contributed by atoms with van der Waals surface area (Å²) in [4.78, 5) is 30.8. The van der Waals surface area contributed by atoms with Gasteiger partial charge >= 0.3 is 12.1 Å². The molecule has 0 aromatic carbocycles. The Bertz CT molecular complexity index is 1030. The number of cyclic esters (lactones) is 1. The molecule has 0 bridgehead atoms. The molecule has 0 spiro atoms. The molecule has 1 amide bonds. The van der Waals surface area contributed by atoms with E-state index in [0.29, 0.717) is 12.1 Å². The molecule has 0 radical (unpaired) electrons. The highest BCUT2D eigenvalue weighted by Crippen LogP contribution is 2.39. The Hall–Kier alpha value is -2.59. The monoisotopic (exact) mass is 498 g/mol. The van der Waals surface area contributed by atoms with Gasteiger partial charge in [0, 0.05) is 44.1 Å². The highest BCUT2D eigenvalue weighted by Gasteiger charge is 2.59. The molecule has 1 N–H and O–H groups in total. The first-order chi connectivity index (χ1) is 16.7. The van der Waals surface area contributed by atoms with Gasteiger partial charge in [0.1, 0.15) is 5.60 Å². The van der Waals surface area contributed by atoms with Gasteiger partial charge in [-0.3, -0.25) is 4.98 Å². The van der Waals surface area contributed by atoms with Gasteiger partial charge in [-0.25, -0.2) is 9.59 Å². The van der Waals surface area contributed by atoms with Crippen molar-refractivity contribution in [1.29, 1.82) is 0 Å². The number of pyridine rings is 1. The van der Waals surface area contributed by atoms with E-state index >= 15 is 0 Å². The minimum absolute atomic E-state index is 0.138. The van der Waals surface area contributed by atoms with E-state index in [1.807, 2.05) is 26.8 Å². The largest absolute Gasteiger partial charge is 0.444 e. The fraction of sp³-hybridized carbons (Fsp3) is 0.690. The molecule has 36 heavy (non-hydrogen) atoms. The lowest BCUT2D eigenvalue weighted by Crippen LogP contribution is -2.59. The van der Waals surface area contributed by atoms with Crippen molar-refractivity contribution in [3.8, 4) is 11.8 Å². The number of rotatable bonds is 8. The van der Waals surface area contributed by atoms with E-state index in [1.54, 1.807) is 40.8 Å². The Balaban J connectivity index is 1.92. The third-order valence-electron chi connectivity index (χ3n) is 6.27. The van der Waals surface area contributed by atoms with Gasteiger partial charge in [0.15, 0.2) is 5.60 Å². The SMILES string of the molecule is Cc1cnc(C[C@]2([C@H](CC(C)C)NC(=O)OC(C)(C)C)OC(C)(C)OC2=O)cc1C#CCCC1CC1. The van der Waals surface area contributed by atoms with Gasteiger partial charge in [0.05, 0.1) is 6.04 Å². The number of amides is 1. The first-order valence-electron chi connectivity index (χ1n) is 13.1. The van der Waals surface area contributed by atoms with Crippen molar-refractivity contribution in [2.45, 2.75) is 117 Å². The van der Waals surface area contributed by atoms with Crippen LogP contribution in [-0.2, 0) is 25.4 Å². The summed E-state index contributed by atoms with van der Waals surface area (Å²) in [6, 6.07) is 1.24. The van der Waals surface area contributed by atoms with Crippen molar-refractivity contribution in [3.05, 3.63) is 29.1 Å². The second-order valence-electron chi connectivity index (χ2n) is 12.1. The lowest BCUT2D eigenvalue weighted by molar-refractivity contribution is -0.170. The van der Waals surface area contributed by atoms with Crippen LogP contribution in [0.2, 0.25) is 0 Å². The molecule has 1 aliphatic heterocycles. The Morgan fingerprint density at radius 2 is 2.00 bits per heavy atom. The number of hydrogen-bond donors (Lipinski definition) is 1. The molecule has 2 aliphatic rings. The van der Waals surface area contributed by atoms with Crippen molar-refractivity contribution in [2.24, 2.45) is 11.8 Å². The van der Waals surface area contributed by atoms with Gasteiger partial charge in [0.25, 0.3) is 0 Å². The van der Waals surface area contributed by atoms with Crippen molar-refractivity contribution in [2.75, 3.05) is 0 Å². The molecule has 2 atom stereocenters. The van der Waals surface area contributed by atoms with Crippen molar-refractivity contribution in [1.82, 2.24) is 10.3 Å². The molecule has 2 fully saturated rings. The number of aromatic nitrogens is 1. The summed E-state index contributed by atoms with van der Waals surface area (Å²) >= 11 is 0. The Labute approximate surface area is 216 Å². The Kier molecular flexibility index (Phi) is 8.40. The molecule has 1 aromatic rings. The normalized spacial score (nSPS) is 22.0. The van der Waals surface area contributed by atoms with Gasteiger partial charge in [-0.2, -0.15) is 0 Å². The standard InChI is InChI=1S/C29H42N2O5/c1-19(2)15-24(31-26(33)35-27(4,5)6)29(25(32)34-28(7,8)36-29)17-23-16-22(20(3)18-30-23)12-10-9-11-21-13-14-21/h16,18-19,21,24H,9,11,13-15,17H2,1-8H3,(H,31,33)/t24-,29+/m0/s1. The molecular formula is C29H42N2O5. The average molecular weight is 499 g/mol. The maximum Gasteiger partial charge on any atom is 0.407 e. The highest BCUT2D eigenvalue weighted by atomic mass is 16.8. The molecular weight excluding hydrogens is 456 g/mol. The molecule has 198 valence electrons. The number of ether oxygens (including phenoxy) is 3. The van der Waals surface area contributed by atoms with Gasteiger partial charge in [-0.05, 0) is 64.0 Å². The Morgan fingerprint density at radius 1 is 1.31 bits per heavy atom. The first-order valence-corrected chi connectivity index (χ1v) is 13.1. The number of esters is 1. The van der Waals surface area contributed by atoms with Gasteiger partial charge < -0.3 is 19.5 Å². The second-order valence-corrected chi connectivity index (χ2v) is 12.1. The summed E-state index contributed by atoms with van der Waals surface area (Å²) < 4.78 is 17.5. The van der Waals surface area contributed by atoms with E-state index in [0.717, 1.165) is 29.9 Å². The zero-order chi connectivity index (χ0) is 26.7. The third kappa shape index (κ3) is 7.70. The number of carbonyl (C=O) groups excluding carboxylic acids is 2. The minimum Gasteiger partial charge on any atom is -0.444 e. The van der Waals surface area contributed by atoms with Crippen molar-refractivity contribution in [3.63, 3.8) is 0 Å². The predicted octanol–water partition coefficient (Wildman–Crippen LogP) is 5.46. The van der Waals surface area contributed by atoms with Crippen LogP contribution in [0.25, 0.3) is 0 Å². The molecule has 1 saturated carbocycles. The van der Waals surface area contributed by atoms with Crippen LogP contribution >= 0.6 is 0 Å².